The topological polar surface area (TPSA) is 32.6 Å². The molecule has 0 atom stereocenters. The Bertz CT molecular complexity index is 781. The second-order valence-electron chi connectivity index (χ2n) is 7.95. The lowest BCUT2D eigenvalue weighted by molar-refractivity contribution is -0.172. The molecule has 4 nitrogen and oxygen atoms in total. The first-order valence-corrected chi connectivity index (χ1v) is 14.2. The Hall–Kier alpha value is -0.863. The number of rotatable bonds is 7. The van der Waals surface area contributed by atoms with Crippen molar-refractivity contribution in [3.63, 3.8) is 0 Å². The Labute approximate surface area is 166 Å². The maximum atomic E-state index is 6.04. The molecule has 0 unspecified atom stereocenters. The molecule has 1 aliphatic heterocycles. The van der Waals surface area contributed by atoms with Crippen molar-refractivity contribution in [3.8, 4) is 0 Å². The maximum Gasteiger partial charge on any atom is 0.220 e. The first kappa shape index (κ1) is 19.9. The van der Waals surface area contributed by atoms with Crippen LogP contribution in [0, 0.1) is 0 Å². The minimum absolute atomic E-state index is 0.456. The predicted molar refractivity (Wildman–Crippen MR) is 116 cm³/mol. The highest BCUT2D eigenvalue weighted by Gasteiger charge is 2.43. The van der Waals surface area contributed by atoms with Crippen LogP contribution in [0.15, 0.2) is 30.5 Å². The molecule has 0 spiro atoms. The molecule has 2 aromatic rings. The number of thiocarbonyl (C=S) groups is 1. The highest BCUT2D eigenvalue weighted by atomic mass is 32.2. The molecule has 1 fully saturated rings. The van der Waals surface area contributed by atoms with Crippen molar-refractivity contribution in [2.24, 2.45) is 0 Å². The van der Waals surface area contributed by atoms with Crippen molar-refractivity contribution in [2.45, 2.75) is 38.0 Å². The molecule has 7 heteroatoms. The fourth-order valence-electron chi connectivity index (χ4n) is 2.89. The van der Waals surface area contributed by atoms with Crippen LogP contribution in [0.5, 0.6) is 0 Å². The van der Waals surface area contributed by atoms with Crippen LogP contribution in [0.1, 0.15) is 5.56 Å². The van der Waals surface area contributed by atoms with Crippen LogP contribution >= 0.6 is 24.0 Å². The molecule has 0 saturated carbocycles. The van der Waals surface area contributed by atoms with Gasteiger partial charge in [-0.05, 0) is 42.0 Å². The molecule has 0 N–H and O–H groups in total. The summed E-state index contributed by atoms with van der Waals surface area (Å²) in [4.78, 5) is 0. The van der Waals surface area contributed by atoms with Gasteiger partial charge in [0.25, 0.3) is 0 Å². The Morgan fingerprint density at radius 1 is 1.31 bits per heavy atom. The summed E-state index contributed by atoms with van der Waals surface area (Å²) in [6, 6.07) is 9.73. The quantitative estimate of drug-likeness (QED) is 0.371. The van der Waals surface area contributed by atoms with Crippen LogP contribution in [0.2, 0.25) is 25.7 Å². The van der Waals surface area contributed by atoms with Crippen molar-refractivity contribution in [1.29, 1.82) is 0 Å². The molecule has 0 amide bonds. The van der Waals surface area contributed by atoms with Gasteiger partial charge < -0.3 is 18.8 Å². The monoisotopic (exact) mass is 409 g/mol. The van der Waals surface area contributed by atoms with Crippen molar-refractivity contribution < 1.29 is 14.2 Å². The molecule has 1 aromatic carbocycles. The van der Waals surface area contributed by atoms with Gasteiger partial charge in [0.1, 0.15) is 6.73 Å². The van der Waals surface area contributed by atoms with E-state index in [0.29, 0.717) is 24.3 Å². The largest absolute Gasteiger partial charge is 0.462 e. The van der Waals surface area contributed by atoms with Gasteiger partial charge in [-0.15, -0.1) is 0 Å². The van der Waals surface area contributed by atoms with Crippen LogP contribution in [-0.4, -0.2) is 43.1 Å². The van der Waals surface area contributed by atoms with Gasteiger partial charge >= 0.3 is 0 Å². The fourth-order valence-corrected chi connectivity index (χ4v) is 4.05. The van der Waals surface area contributed by atoms with Crippen LogP contribution in [0.4, 0.5) is 0 Å². The molecule has 0 radical (unpaired) electrons. The van der Waals surface area contributed by atoms with Crippen molar-refractivity contribution in [3.05, 3.63) is 36.0 Å². The van der Waals surface area contributed by atoms with E-state index >= 15 is 0 Å². The Balaban J connectivity index is 1.76. The second-order valence-corrected chi connectivity index (χ2v) is 15.0. The van der Waals surface area contributed by atoms with Crippen LogP contribution < -0.4 is 0 Å². The lowest BCUT2D eigenvalue weighted by Crippen LogP contribution is -2.49. The third kappa shape index (κ3) is 4.51. The summed E-state index contributed by atoms with van der Waals surface area (Å²) in [6.45, 7) is 9.56. The summed E-state index contributed by atoms with van der Waals surface area (Å²) >= 11 is 6.72. The van der Waals surface area contributed by atoms with Gasteiger partial charge in [-0.1, -0.05) is 43.5 Å². The van der Waals surface area contributed by atoms with Gasteiger partial charge in [-0.2, -0.15) is 0 Å². The lowest BCUT2D eigenvalue weighted by atomic mass is 9.91. The number of hydrogen-bond acceptors (Lipinski definition) is 5. The highest BCUT2D eigenvalue weighted by molar-refractivity contribution is 8.22. The van der Waals surface area contributed by atoms with Crippen molar-refractivity contribution in [1.82, 2.24) is 4.57 Å². The van der Waals surface area contributed by atoms with Gasteiger partial charge in [0.2, 0.25) is 4.38 Å². The van der Waals surface area contributed by atoms with Gasteiger partial charge in [-0.25, -0.2) is 0 Å². The molecule has 1 saturated heterocycles. The summed E-state index contributed by atoms with van der Waals surface area (Å²) in [7, 11) is -1.06. The molecular formula is C19H27NO3S2Si. The Morgan fingerprint density at radius 2 is 2.08 bits per heavy atom. The summed E-state index contributed by atoms with van der Waals surface area (Å²) < 4.78 is 20.1. The zero-order valence-corrected chi connectivity index (χ0v) is 18.5. The van der Waals surface area contributed by atoms with Crippen molar-refractivity contribution in [2.75, 3.05) is 26.1 Å². The zero-order chi connectivity index (χ0) is 18.8. The molecule has 0 bridgehead atoms. The zero-order valence-electron chi connectivity index (χ0n) is 15.9. The van der Waals surface area contributed by atoms with Crippen LogP contribution in [0.25, 0.3) is 10.9 Å². The van der Waals surface area contributed by atoms with E-state index in [4.69, 9.17) is 26.4 Å². The minimum Gasteiger partial charge on any atom is -0.462 e. The molecule has 3 rings (SSSR count). The van der Waals surface area contributed by atoms with E-state index < -0.39 is 13.7 Å². The second kappa shape index (κ2) is 8.02. The number of nitrogens with zero attached hydrogens (tertiary/aromatic N) is 1. The van der Waals surface area contributed by atoms with Crippen LogP contribution in [-0.2, 0) is 26.5 Å². The molecule has 1 aromatic heterocycles. The summed E-state index contributed by atoms with van der Waals surface area (Å²) in [5.41, 5.74) is 1.80. The lowest BCUT2D eigenvalue weighted by Gasteiger charge is -2.41. The SMILES string of the molecule is CSC(=S)OC1(c2ccc3ccn(COCC[Si](C)(C)C)c3c2)COC1. The Kier molecular flexibility index (Phi) is 6.13. The van der Waals surface area contributed by atoms with Gasteiger partial charge in [0.15, 0.2) is 5.60 Å². The van der Waals surface area contributed by atoms with Gasteiger partial charge in [-0.3, -0.25) is 0 Å². The number of aromatic nitrogens is 1. The molecular weight excluding hydrogens is 382 g/mol. The number of fused-ring (bicyclic) bond motifs is 1. The number of thioether (sulfide) groups is 1. The first-order valence-electron chi connectivity index (χ1n) is 8.85. The first-order chi connectivity index (χ1) is 12.3. The van der Waals surface area contributed by atoms with E-state index in [-0.39, 0.29) is 0 Å². The summed E-state index contributed by atoms with van der Waals surface area (Å²) in [5.74, 6) is 0. The highest BCUT2D eigenvalue weighted by Crippen LogP contribution is 2.36. The molecule has 142 valence electrons. The molecule has 0 aliphatic carbocycles. The average molecular weight is 410 g/mol. The maximum absolute atomic E-state index is 6.04. The smallest absolute Gasteiger partial charge is 0.220 e. The standard InChI is InChI=1S/C19H27NO3S2Si/c1-25-18(24)23-19(12-22-13-19)16-6-5-15-7-8-20(17(15)11-16)14-21-9-10-26(2,3)4/h5-8,11H,9-10,12-14H2,1-4H3. The van der Waals surface area contributed by atoms with Gasteiger partial charge in [0.05, 0.1) is 18.7 Å². The van der Waals surface area contributed by atoms with E-state index in [1.165, 1.54) is 23.2 Å². The number of hydrogen-bond donors (Lipinski definition) is 0. The van der Waals surface area contributed by atoms with E-state index in [2.05, 4.69) is 54.7 Å². The molecule has 26 heavy (non-hydrogen) atoms. The number of benzene rings is 1. The minimum atomic E-state index is -1.06. The third-order valence-corrected chi connectivity index (χ3v) is 7.35. The third-order valence-electron chi connectivity index (χ3n) is 4.64. The van der Waals surface area contributed by atoms with Crippen molar-refractivity contribution >= 4 is 47.3 Å². The fraction of sp³-hybridized carbons (Fsp3) is 0.526. The summed E-state index contributed by atoms with van der Waals surface area (Å²) in [5, 5.41) is 1.20. The Morgan fingerprint density at radius 3 is 2.69 bits per heavy atom. The molecule has 1 aliphatic rings. The van der Waals surface area contributed by atoms with Crippen LogP contribution in [0.3, 0.4) is 0 Å². The van der Waals surface area contributed by atoms with E-state index in [1.807, 2.05) is 6.26 Å². The van der Waals surface area contributed by atoms with E-state index in [1.54, 1.807) is 0 Å². The van der Waals surface area contributed by atoms with Gasteiger partial charge in [0, 0.05) is 26.4 Å². The predicted octanol–water partition coefficient (Wildman–Crippen LogP) is 4.84. The van der Waals surface area contributed by atoms with E-state index in [0.717, 1.165) is 17.7 Å². The normalized spacial score (nSPS) is 16.5. The average Bonchev–Trinajstić information content (AvgIpc) is 2.96. The number of ether oxygens (including phenoxy) is 3. The molecule has 2 heterocycles. The van der Waals surface area contributed by atoms with E-state index in [9.17, 15) is 0 Å². The summed E-state index contributed by atoms with van der Waals surface area (Å²) in [6.07, 6.45) is 4.02.